The molecule has 0 spiro atoms. The molecule has 0 unspecified atom stereocenters. The van der Waals surface area contributed by atoms with Crippen molar-refractivity contribution in [2.45, 2.75) is 0 Å². The first-order chi connectivity index (χ1) is 4.59. The largest absolute Gasteiger partial charge is 0.370 e. The first-order valence-electron chi connectivity index (χ1n) is 2.75. The lowest BCUT2D eigenvalue weighted by atomic mass is 10.5. The Morgan fingerprint density at radius 3 is 1.70 bits per heavy atom. The zero-order valence-corrected chi connectivity index (χ0v) is 5.59. The van der Waals surface area contributed by atoms with Crippen LogP contribution in [0.5, 0.6) is 0 Å². The highest BCUT2D eigenvalue weighted by Crippen LogP contribution is 1.80. The fourth-order valence-electron chi connectivity index (χ4n) is 0.500. The minimum Gasteiger partial charge on any atom is -0.370 e. The quantitative estimate of drug-likeness (QED) is 0.227. The number of hydrogen-bond donors (Lipinski definition) is 5. The van der Waals surface area contributed by atoms with Gasteiger partial charge >= 0.3 is 0 Å². The molecule has 6 nitrogen and oxygen atoms in total. The van der Waals surface area contributed by atoms with E-state index in [-0.39, 0.29) is 11.9 Å². The van der Waals surface area contributed by atoms with Crippen LogP contribution in [0.15, 0.2) is 0 Å². The average Bonchev–Trinajstić information content (AvgIpc) is 1.81. The predicted molar refractivity (Wildman–Crippen MR) is 39.6 cm³/mol. The molecule has 0 rings (SSSR count). The van der Waals surface area contributed by atoms with E-state index in [0.717, 1.165) is 4.90 Å². The fourth-order valence-corrected chi connectivity index (χ4v) is 0.500. The summed E-state index contributed by atoms with van der Waals surface area (Å²) >= 11 is 0. The summed E-state index contributed by atoms with van der Waals surface area (Å²) in [5.41, 5.74) is 15.3. The molecule has 0 aliphatic rings. The molecule has 0 heterocycles. The summed E-state index contributed by atoms with van der Waals surface area (Å²) in [5, 5.41) is 13.8. The van der Waals surface area contributed by atoms with Gasteiger partial charge in [0, 0.05) is 13.1 Å². The van der Waals surface area contributed by atoms with Crippen LogP contribution in [0.25, 0.3) is 0 Å². The standard InChI is InChI=1S/C4H12N6/c5-1-2-10(3(6)7)4(8)9/h1-2,5H2,(H3,6,7)(H3,8,9). The van der Waals surface area contributed by atoms with E-state index in [1.807, 2.05) is 0 Å². The van der Waals surface area contributed by atoms with Gasteiger partial charge in [-0.25, -0.2) is 0 Å². The molecule has 0 aliphatic carbocycles. The van der Waals surface area contributed by atoms with Gasteiger partial charge in [0.25, 0.3) is 0 Å². The summed E-state index contributed by atoms with van der Waals surface area (Å²) in [6, 6.07) is 0. The van der Waals surface area contributed by atoms with Crippen molar-refractivity contribution in [1.29, 1.82) is 10.8 Å². The van der Waals surface area contributed by atoms with Gasteiger partial charge in [0.2, 0.25) is 0 Å². The van der Waals surface area contributed by atoms with Crippen LogP contribution in [-0.2, 0) is 0 Å². The third-order valence-corrected chi connectivity index (χ3v) is 0.934. The second-order valence-corrected chi connectivity index (χ2v) is 1.71. The minimum absolute atomic E-state index is 0.252. The fraction of sp³-hybridized carbons (Fsp3) is 0.500. The Hall–Kier alpha value is -1.30. The third-order valence-electron chi connectivity index (χ3n) is 0.934. The Balaban J connectivity index is 3.98. The van der Waals surface area contributed by atoms with Gasteiger partial charge in [0.05, 0.1) is 0 Å². The van der Waals surface area contributed by atoms with Crippen molar-refractivity contribution in [3.05, 3.63) is 0 Å². The Morgan fingerprint density at radius 1 is 1.20 bits per heavy atom. The number of nitrogens with two attached hydrogens (primary N) is 3. The predicted octanol–water partition coefficient (Wildman–Crippen LogP) is -1.97. The van der Waals surface area contributed by atoms with Crippen molar-refractivity contribution in [1.82, 2.24) is 4.90 Å². The van der Waals surface area contributed by atoms with Crippen molar-refractivity contribution in [3.63, 3.8) is 0 Å². The summed E-state index contributed by atoms with van der Waals surface area (Å²) < 4.78 is 0. The van der Waals surface area contributed by atoms with Crippen LogP contribution < -0.4 is 17.2 Å². The number of nitrogens with one attached hydrogen (secondary N) is 2. The van der Waals surface area contributed by atoms with Crippen LogP contribution in [0.2, 0.25) is 0 Å². The molecule has 0 fully saturated rings. The molecule has 0 bridgehead atoms. The molecule has 58 valence electrons. The van der Waals surface area contributed by atoms with E-state index in [4.69, 9.17) is 28.0 Å². The molecule has 6 heteroatoms. The van der Waals surface area contributed by atoms with Gasteiger partial charge in [0.1, 0.15) is 0 Å². The van der Waals surface area contributed by atoms with Crippen LogP contribution in [0.4, 0.5) is 0 Å². The van der Waals surface area contributed by atoms with Crippen LogP contribution >= 0.6 is 0 Å². The lowest BCUT2D eigenvalue weighted by molar-refractivity contribution is 0.593. The van der Waals surface area contributed by atoms with Crippen LogP contribution in [-0.4, -0.2) is 29.9 Å². The highest BCUT2D eigenvalue weighted by molar-refractivity contribution is 5.94. The highest BCUT2D eigenvalue weighted by Gasteiger charge is 2.06. The first kappa shape index (κ1) is 8.70. The van der Waals surface area contributed by atoms with E-state index < -0.39 is 0 Å². The van der Waals surface area contributed by atoms with Crippen molar-refractivity contribution in [2.24, 2.45) is 17.2 Å². The van der Waals surface area contributed by atoms with Crippen molar-refractivity contribution in [3.8, 4) is 0 Å². The number of hydrogen-bond acceptors (Lipinski definition) is 3. The Kier molecular flexibility index (Phi) is 3.20. The molecule has 0 saturated carbocycles. The van der Waals surface area contributed by atoms with E-state index in [0.29, 0.717) is 13.1 Å². The van der Waals surface area contributed by atoms with Gasteiger partial charge in [-0.15, -0.1) is 0 Å². The third kappa shape index (κ3) is 2.31. The van der Waals surface area contributed by atoms with Gasteiger partial charge in [-0.3, -0.25) is 15.7 Å². The second kappa shape index (κ2) is 3.67. The van der Waals surface area contributed by atoms with Gasteiger partial charge < -0.3 is 17.2 Å². The molecule has 0 atom stereocenters. The monoisotopic (exact) mass is 144 g/mol. The van der Waals surface area contributed by atoms with Crippen LogP contribution in [0.3, 0.4) is 0 Å². The zero-order chi connectivity index (χ0) is 8.15. The second-order valence-electron chi connectivity index (χ2n) is 1.71. The summed E-state index contributed by atoms with van der Waals surface area (Å²) in [6.07, 6.45) is 0. The van der Waals surface area contributed by atoms with E-state index in [9.17, 15) is 0 Å². The number of nitrogens with zero attached hydrogens (tertiary/aromatic N) is 1. The van der Waals surface area contributed by atoms with Crippen molar-refractivity contribution >= 4 is 11.9 Å². The molecule has 10 heavy (non-hydrogen) atoms. The molecule has 0 aromatic rings. The van der Waals surface area contributed by atoms with Gasteiger partial charge in [-0.1, -0.05) is 0 Å². The molecular formula is C4H12N6. The summed E-state index contributed by atoms with van der Waals surface area (Å²) in [6.45, 7) is 0.629. The van der Waals surface area contributed by atoms with Gasteiger partial charge in [-0.05, 0) is 0 Å². The van der Waals surface area contributed by atoms with Gasteiger partial charge in [-0.2, -0.15) is 0 Å². The smallest absolute Gasteiger partial charge is 0.195 e. The zero-order valence-electron chi connectivity index (χ0n) is 5.59. The van der Waals surface area contributed by atoms with E-state index in [1.165, 1.54) is 0 Å². The van der Waals surface area contributed by atoms with Crippen molar-refractivity contribution in [2.75, 3.05) is 13.1 Å². The Morgan fingerprint density at radius 2 is 1.60 bits per heavy atom. The van der Waals surface area contributed by atoms with E-state index in [2.05, 4.69) is 0 Å². The number of rotatable bonds is 2. The maximum Gasteiger partial charge on any atom is 0.195 e. The minimum atomic E-state index is -0.252. The molecule has 0 aromatic heterocycles. The van der Waals surface area contributed by atoms with Gasteiger partial charge in [0.15, 0.2) is 11.9 Å². The molecule has 0 saturated heterocycles. The van der Waals surface area contributed by atoms with E-state index in [1.54, 1.807) is 0 Å². The Labute approximate surface area is 59.0 Å². The molecule has 0 radical (unpaired) electrons. The summed E-state index contributed by atoms with van der Waals surface area (Å²) in [4.78, 5) is 1.11. The normalized spacial score (nSPS) is 8.90. The molecule has 0 aliphatic heterocycles. The molecular weight excluding hydrogens is 132 g/mol. The maximum absolute atomic E-state index is 6.91. The van der Waals surface area contributed by atoms with Crippen LogP contribution in [0.1, 0.15) is 0 Å². The average molecular weight is 144 g/mol. The highest BCUT2D eigenvalue weighted by atomic mass is 15.3. The summed E-state index contributed by atoms with van der Waals surface area (Å²) in [5.74, 6) is -0.504. The first-order valence-corrected chi connectivity index (χ1v) is 2.75. The lowest BCUT2D eigenvalue weighted by Crippen LogP contribution is -2.47. The summed E-state index contributed by atoms with van der Waals surface area (Å²) in [7, 11) is 0. The topological polar surface area (TPSA) is 129 Å². The van der Waals surface area contributed by atoms with Crippen LogP contribution in [0, 0.1) is 10.8 Å². The number of guanidine groups is 2. The van der Waals surface area contributed by atoms with Crippen molar-refractivity contribution < 1.29 is 0 Å². The maximum atomic E-state index is 6.91. The molecule has 0 amide bonds. The lowest BCUT2D eigenvalue weighted by Gasteiger charge is -2.18. The van der Waals surface area contributed by atoms with E-state index >= 15 is 0 Å². The molecule has 8 N–H and O–H groups in total. The molecule has 0 aromatic carbocycles. The Bertz CT molecular complexity index is 127. The SMILES string of the molecule is N=C(N)N(CCN)C(=N)N.